The first-order valence-corrected chi connectivity index (χ1v) is 7.11. The second-order valence-electron chi connectivity index (χ2n) is 5.26. The predicted molar refractivity (Wildman–Crippen MR) is 79.8 cm³/mol. The molecule has 1 unspecified atom stereocenters. The molecule has 4 heteroatoms. The van der Waals surface area contributed by atoms with Crippen molar-refractivity contribution in [2.45, 2.75) is 45.6 Å². The van der Waals surface area contributed by atoms with Gasteiger partial charge in [0.2, 0.25) is 0 Å². The van der Waals surface area contributed by atoms with Crippen molar-refractivity contribution in [3.05, 3.63) is 29.8 Å². The van der Waals surface area contributed by atoms with Crippen LogP contribution in [0.15, 0.2) is 24.3 Å². The lowest BCUT2D eigenvalue weighted by Gasteiger charge is -2.21. The van der Waals surface area contributed by atoms with Gasteiger partial charge in [-0.05, 0) is 52.2 Å². The van der Waals surface area contributed by atoms with Crippen LogP contribution in [-0.4, -0.2) is 24.7 Å². The first-order valence-electron chi connectivity index (χ1n) is 7.11. The van der Waals surface area contributed by atoms with Crippen molar-refractivity contribution in [2.24, 2.45) is 5.73 Å². The summed E-state index contributed by atoms with van der Waals surface area (Å²) in [5, 5.41) is 0. The molecule has 0 saturated carbocycles. The maximum atomic E-state index is 11.6. The van der Waals surface area contributed by atoms with Crippen LogP contribution in [0.3, 0.4) is 0 Å². The molecule has 0 fully saturated rings. The Labute approximate surface area is 121 Å². The molecule has 0 aliphatic rings. The quantitative estimate of drug-likeness (QED) is 0.587. The van der Waals surface area contributed by atoms with Gasteiger partial charge >= 0.3 is 5.97 Å². The number of benzene rings is 1. The summed E-state index contributed by atoms with van der Waals surface area (Å²) < 4.78 is 10.6. The van der Waals surface area contributed by atoms with E-state index < -0.39 is 5.54 Å². The Morgan fingerprint density at radius 3 is 2.50 bits per heavy atom. The third kappa shape index (κ3) is 5.61. The summed E-state index contributed by atoms with van der Waals surface area (Å²) in [7, 11) is 0. The summed E-state index contributed by atoms with van der Waals surface area (Å²) in [6.45, 7) is 6.53. The number of unbranched alkanes of at least 4 members (excludes halogenated alkanes) is 1. The number of esters is 1. The van der Waals surface area contributed by atoms with Crippen LogP contribution in [0.4, 0.5) is 0 Å². The van der Waals surface area contributed by atoms with Crippen LogP contribution in [0.2, 0.25) is 0 Å². The highest BCUT2D eigenvalue weighted by Gasteiger charge is 2.28. The number of ether oxygens (including phenoxy) is 2. The average Bonchev–Trinajstić information content (AvgIpc) is 2.40. The Morgan fingerprint density at radius 2 is 1.90 bits per heavy atom. The Morgan fingerprint density at radius 1 is 1.25 bits per heavy atom. The minimum atomic E-state index is -0.903. The molecule has 0 amide bonds. The molecule has 0 saturated heterocycles. The summed E-state index contributed by atoms with van der Waals surface area (Å²) in [4.78, 5) is 11.6. The van der Waals surface area contributed by atoms with Crippen molar-refractivity contribution in [1.29, 1.82) is 0 Å². The van der Waals surface area contributed by atoms with E-state index in [0.29, 0.717) is 19.6 Å². The first kappa shape index (κ1) is 16.5. The fourth-order valence-corrected chi connectivity index (χ4v) is 1.82. The Kier molecular flexibility index (Phi) is 6.52. The SMILES string of the molecule is CCOC(=O)C(C)(N)CCCCOc1ccc(C)cc1. The van der Waals surface area contributed by atoms with Crippen LogP contribution in [0.25, 0.3) is 0 Å². The molecule has 0 aliphatic carbocycles. The number of carbonyl (C=O) groups is 1. The number of nitrogens with two attached hydrogens (primary N) is 1. The van der Waals surface area contributed by atoms with E-state index in [9.17, 15) is 4.79 Å². The molecule has 4 nitrogen and oxygen atoms in total. The lowest BCUT2D eigenvalue weighted by Crippen LogP contribution is -2.46. The number of rotatable bonds is 8. The van der Waals surface area contributed by atoms with E-state index in [4.69, 9.17) is 15.2 Å². The fourth-order valence-electron chi connectivity index (χ4n) is 1.82. The minimum absolute atomic E-state index is 0.334. The molecule has 0 radical (unpaired) electrons. The summed E-state index contributed by atoms with van der Waals surface area (Å²) >= 11 is 0. The fraction of sp³-hybridized carbons (Fsp3) is 0.562. The summed E-state index contributed by atoms with van der Waals surface area (Å²) in [5.41, 5.74) is 6.25. The smallest absolute Gasteiger partial charge is 0.325 e. The van der Waals surface area contributed by atoms with Crippen LogP contribution >= 0.6 is 0 Å². The zero-order valence-electron chi connectivity index (χ0n) is 12.6. The largest absolute Gasteiger partial charge is 0.494 e. The van der Waals surface area contributed by atoms with Gasteiger partial charge in [-0.25, -0.2) is 0 Å². The second kappa shape index (κ2) is 7.90. The van der Waals surface area contributed by atoms with Gasteiger partial charge in [0.25, 0.3) is 0 Å². The zero-order chi connectivity index (χ0) is 15.0. The molecule has 1 aromatic carbocycles. The molecule has 1 atom stereocenters. The van der Waals surface area contributed by atoms with Gasteiger partial charge in [-0.3, -0.25) is 4.79 Å². The van der Waals surface area contributed by atoms with Crippen molar-refractivity contribution >= 4 is 5.97 Å². The van der Waals surface area contributed by atoms with Crippen molar-refractivity contribution in [1.82, 2.24) is 0 Å². The monoisotopic (exact) mass is 279 g/mol. The molecule has 0 spiro atoms. The molecule has 20 heavy (non-hydrogen) atoms. The summed E-state index contributed by atoms with van der Waals surface area (Å²) in [6, 6.07) is 7.96. The molecular weight excluding hydrogens is 254 g/mol. The van der Waals surface area contributed by atoms with Gasteiger partial charge in [-0.15, -0.1) is 0 Å². The van der Waals surface area contributed by atoms with Gasteiger partial charge < -0.3 is 15.2 Å². The summed E-state index contributed by atoms with van der Waals surface area (Å²) in [5.74, 6) is 0.538. The van der Waals surface area contributed by atoms with Gasteiger partial charge in [-0.1, -0.05) is 17.7 Å². The lowest BCUT2D eigenvalue weighted by molar-refractivity contribution is -0.149. The number of hydrogen-bond acceptors (Lipinski definition) is 4. The van der Waals surface area contributed by atoms with Crippen LogP contribution < -0.4 is 10.5 Å². The van der Waals surface area contributed by atoms with E-state index in [-0.39, 0.29) is 5.97 Å². The predicted octanol–water partition coefficient (Wildman–Crippen LogP) is 2.82. The van der Waals surface area contributed by atoms with Gasteiger partial charge in [0.1, 0.15) is 11.3 Å². The van der Waals surface area contributed by atoms with Crippen LogP contribution in [0.1, 0.15) is 38.7 Å². The molecule has 2 N–H and O–H groups in total. The molecule has 112 valence electrons. The third-order valence-electron chi connectivity index (χ3n) is 3.12. The number of aryl methyl sites for hydroxylation is 1. The highest BCUT2D eigenvalue weighted by molar-refractivity contribution is 5.79. The molecule has 1 rings (SSSR count). The first-order chi connectivity index (χ1) is 9.45. The van der Waals surface area contributed by atoms with Crippen LogP contribution in [-0.2, 0) is 9.53 Å². The molecule has 0 heterocycles. The Hall–Kier alpha value is -1.55. The Bertz CT molecular complexity index is 412. The minimum Gasteiger partial charge on any atom is -0.494 e. The van der Waals surface area contributed by atoms with Crippen molar-refractivity contribution in [3.63, 3.8) is 0 Å². The van der Waals surface area contributed by atoms with Crippen LogP contribution in [0.5, 0.6) is 5.75 Å². The van der Waals surface area contributed by atoms with Gasteiger partial charge in [-0.2, -0.15) is 0 Å². The summed E-state index contributed by atoms with van der Waals surface area (Å²) in [6.07, 6.45) is 2.29. The van der Waals surface area contributed by atoms with E-state index >= 15 is 0 Å². The maximum absolute atomic E-state index is 11.6. The highest BCUT2D eigenvalue weighted by Crippen LogP contribution is 2.15. The molecular formula is C16H25NO3. The normalized spacial score (nSPS) is 13.6. The second-order valence-corrected chi connectivity index (χ2v) is 5.26. The molecule has 0 aliphatic heterocycles. The van der Waals surface area contributed by atoms with Crippen LogP contribution in [0, 0.1) is 6.92 Å². The molecule has 0 bridgehead atoms. The standard InChI is InChI=1S/C16H25NO3/c1-4-19-15(18)16(3,17)11-5-6-12-20-14-9-7-13(2)8-10-14/h7-10H,4-6,11-12,17H2,1-3H3. The van der Waals surface area contributed by atoms with Gasteiger partial charge in [0.15, 0.2) is 0 Å². The van der Waals surface area contributed by atoms with E-state index in [2.05, 4.69) is 0 Å². The highest BCUT2D eigenvalue weighted by atomic mass is 16.5. The molecule has 0 aromatic heterocycles. The zero-order valence-corrected chi connectivity index (χ0v) is 12.6. The van der Waals surface area contributed by atoms with Crippen molar-refractivity contribution in [3.8, 4) is 5.75 Å². The average molecular weight is 279 g/mol. The maximum Gasteiger partial charge on any atom is 0.325 e. The van der Waals surface area contributed by atoms with Gasteiger partial charge in [0, 0.05) is 0 Å². The van der Waals surface area contributed by atoms with E-state index in [0.717, 1.165) is 18.6 Å². The number of carbonyl (C=O) groups excluding carboxylic acids is 1. The van der Waals surface area contributed by atoms with Crippen molar-refractivity contribution < 1.29 is 14.3 Å². The van der Waals surface area contributed by atoms with E-state index in [1.165, 1.54) is 5.56 Å². The Balaban J connectivity index is 2.21. The molecule has 1 aromatic rings. The van der Waals surface area contributed by atoms with Crippen molar-refractivity contribution in [2.75, 3.05) is 13.2 Å². The van der Waals surface area contributed by atoms with E-state index in [1.807, 2.05) is 31.2 Å². The lowest BCUT2D eigenvalue weighted by atomic mass is 9.96. The number of hydrogen-bond donors (Lipinski definition) is 1. The third-order valence-corrected chi connectivity index (χ3v) is 3.12. The van der Waals surface area contributed by atoms with Gasteiger partial charge in [0.05, 0.1) is 13.2 Å². The van der Waals surface area contributed by atoms with E-state index in [1.54, 1.807) is 13.8 Å². The topological polar surface area (TPSA) is 61.5 Å².